The molecule has 2 heterocycles. The topological polar surface area (TPSA) is 68.0 Å². The van der Waals surface area contributed by atoms with Crippen LogP contribution < -0.4 is 5.32 Å². The van der Waals surface area contributed by atoms with Crippen LogP contribution in [0.5, 0.6) is 0 Å². The molecular formula is C20H14FN3O2S. The molecule has 4 rings (SSSR count). The number of halogens is 1. The smallest absolute Gasteiger partial charge is 0.261 e. The van der Waals surface area contributed by atoms with Gasteiger partial charge in [-0.15, -0.1) is 11.3 Å². The van der Waals surface area contributed by atoms with Gasteiger partial charge in [-0.1, -0.05) is 35.5 Å². The van der Waals surface area contributed by atoms with Crippen molar-refractivity contribution in [3.63, 3.8) is 0 Å². The molecule has 134 valence electrons. The lowest BCUT2D eigenvalue weighted by Gasteiger charge is -2.03. The first-order valence-corrected chi connectivity index (χ1v) is 9.03. The Morgan fingerprint density at radius 3 is 2.74 bits per heavy atom. The van der Waals surface area contributed by atoms with Gasteiger partial charge in [0.2, 0.25) is 5.82 Å². The highest BCUT2D eigenvalue weighted by Crippen LogP contribution is 2.28. The summed E-state index contributed by atoms with van der Waals surface area (Å²) < 4.78 is 18.5. The predicted octanol–water partition coefficient (Wildman–Crippen LogP) is 4.53. The normalized spacial score (nSPS) is 10.7. The van der Waals surface area contributed by atoms with Gasteiger partial charge in [0.25, 0.3) is 11.8 Å². The van der Waals surface area contributed by atoms with Crippen LogP contribution in [0.25, 0.3) is 22.2 Å². The Morgan fingerprint density at radius 2 is 1.93 bits per heavy atom. The quantitative estimate of drug-likeness (QED) is 0.553. The fourth-order valence-corrected chi connectivity index (χ4v) is 3.37. The minimum absolute atomic E-state index is 0.234. The third-order valence-electron chi connectivity index (χ3n) is 3.84. The van der Waals surface area contributed by atoms with Gasteiger partial charge in [0.15, 0.2) is 0 Å². The maximum absolute atomic E-state index is 13.2. The number of hydrogen-bond acceptors (Lipinski definition) is 5. The minimum atomic E-state index is -0.327. The molecular weight excluding hydrogens is 365 g/mol. The van der Waals surface area contributed by atoms with Crippen molar-refractivity contribution in [2.75, 3.05) is 0 Å². The summed E-state index contributed by atoms with van der Waals surface area (Å²) >= 11 is 1.27. The zero-order valence-electron chi connectivity index (χ0n) is 14.1. The van der Waals surface area contributed by atoms with Crippen molar-refractivity contribution in [2.45, 2.75) is 6.54 Å². The SMILES string of the molecule is O=C(NCc1cccc(F)c1)c1ccc(-c2noc(-c3ccccc3)n2)s1. The summed E-state index contributed by atoms with van der Waals surface area (Å²) in [5, 5.41) is 6.77. The third kappa shape index (κ3) is 3.93. The fraction of sp³-hybridized carbons (Fsp3) is 0.0500. The highest BCUT2D eigenvalue weighted by molar-refractivity contribution is 7.17. The van der Waals surface area contributed by atoms with Gasteiger partial charge in [0.05, 0.1) is 9.75 Å². The van der Waals surface area contributed by atoms with Gasteiger partial charge in [-0.3, -0.25) is 4.79 Å². The molecule has 0 aliphatic carbocycles. The lowest BCUT2D eigenvalue weighted by Crippen LogP contribution is -2.21. The average molecular weight is 379 g/mol. The molecule has 0 atom stereocenters. The predicted molar refractivity (Wildman–Crippen MR) is 101 cm³/mol. The molecule has 0 saturated heterocycles. The molecule has 5 nitrogen and oxygen atoms in total. The molecule has 0 fully saturated rings. The Morgan fingerprint density at radius 1 is 1.07 bits per heavy atom. The van der Waals surface area contributed by atoms with E-state index in [1.54, 1.807) is 24.3 Å². The van der Waals surface area contributed by atoms with Gasteiger partial charge < -0.3 is 9.84 Å². The number of carbonyl (C=O) groups excluding carboxylic acids is 1. The molecule has 4 aromatic rings. The summed E-state index contributed by atoms with van der Waals surface area (Å²) in [6.07, 6.45) is 0. The van der Waals surface area contributed by atoms with Crippen molar-refractivity contribution >= 4 is 17.2 Å². The highest BCUT2D eigenvalue weighted by Gasteiger charge is 2.15. The summed E-state index contributed by atoms with van der Waals surface area (Å²) in [6.45, 7) is 0.254. The number of hydrogen-bond donors (Lipinski definition) is 1. The Kier molecular flexibility index (Phi) is 4.76. The molecule has 1 amide bonds. The van der Waals surface area contributed by atoms with Crippen molar-refractivity contribution in [2.24, 2.45) is 0 Å². The molecule has 7 heteroatoms. The van der Waals surface area contributed by atoms with E-state index in [4.69, 9.17) is 4.52 Å². The Labute approximate surface area is 158 Å². The maximum Gasteiger partial charge on any atom is 0.261 e. The number of thiophene rings is 1. The first-order valence-electron chi connectivity index (χ1n) is 8.21. The van der Waals surface area contributed by atoms with Gasteiger partial charge in [0.1, 0.15) is 5.82 Å². The van der Waals surface area contributed by atoms with Crippen molar-refractivity contribution in [1.29, 1.82) is 0 Å². The van der Waals surface area contributed by atoms with Crippen molar-refractivity contribution in [3.8, 4) is 22.2 Å². The molecule has 27 heavy (non-hydrogen) atoms. The summed E-state index contributed by atoms with van der Waals surface area (Å²) in [5.74, 6) is 0.299. The van der Waals surface area contributed by atoms with Gasteiger partial charge in [0, 0.05) is 12.1 Å². The van der Waals surface area contributed by atoms with Crippen LogP contribution in [0.1, 0.15) is 15.2 Å². The van der Waals surface area contributed by atoms with Crippen LogP contribution in [0, 0.1) is 5.82 Å². The van der Waals surface area contributed by atoms with Crippen LogP contribution in [0.15, 0.2) is 71.3 Å². The molecule has 0 aliphatic heterocycles. The highest BCUT2D eigenvalue weighted by atomic mass is 32.1. The van der Waals surface area contributed by atoms with E-state index in [2.05, 4.69) is 15.5 Å². The zero-order valence-corrected chi connectivity index (χ0v) is 14.9. The average Bonchev–Trinajstić information content (AvgIpc) is 3.36. The third-order valence-corrected chi connectivity index (χ3v) is 4.92. The van der Waals surface area contributed by atoms with Crippen LogP contribution in [-0.4, -0.2) is 16.0 Å². The summed E-state index contributed by atoms with van der Waals surface area (Å²) in [7, 11) is 0. The zero-order chi connectivity index (χ0) is 18.6. The van der Waals surface area contributed by atoms with Gasteiger partial charge in [-0.25, -0.2) is 4.39 Å². The van der Waals surface area contributed by atoms with E-state index in [-0.39, 0.29) is 18.3 Å². The largest absolute Gasteiger partial charge is 0.347 e. The van der Waals surface area contributed by atoms with E-state index in [1.165, 1.54) is 23.5 Å². The van der Waals surface area contributed by atoms with Crippen molar-refractivity contribution in [3.05, 3.63) is 83.0 Å². The van der Waals surface area contributed by atoms with Gasteiger partial charge in [-0.05, 0) is 42.0 Å². The molecule has 0 spiro atoms. The standard InChI is InChI=1S/C20H14FN3O2S/c21-15-8-4-5-13(11-15)12-22-19(25)17-10-9-16(27-17)18-23-20(26-24-18)14-6-2-1-3-7-14/h1-11H,12H2,(H,22,25). The Bertz CT molecular complexity index is 1080. The number of nitrogens with zero attached hydrogens (tertiary/aromatic N) is 2. The van der Waals surface area contributed by atoms with E-state index in [0.717, 1.165) is 10.4 Å². The molecule has 0 saturated carbocycles. The van der Waals surface area contributed by atoms with Crippen LogP contribution in [0.4, 0.5) is 4.39 Å². The number of carbonyl (C=O) groups is 1. The number of rotatable bonds is 5. The Hall–Kier alpha value is -3.32. The number of benzene rings is 2. The van der Waals surface area contributed by atoms with Crippen molar-refractivity contribution < 1.29 is 13.7 Å². The second-order valence-corrected chi connectivity index (χ2v) is 6.85. The minimum Gasteiger partial charge on any atom is -0.347 e. The van der Waals surface area contributed by atoms with Gasteiger partial charge in [-0.2, -0.15) is 4.98 Å². The molecule has 0 bridgehead atoms. The lowest BCUT2D eigenvalue weighted by atomic mass is 10.2. The molecule has 2 aromatic heterocycles. The summed E-state index contributed by atoms with van der Waals surface area (Å²) in [4.78, 5) is 18.0. The Balaban J connectivity index is 1.45. The van der Waals surface area contributed by atoms with E-state index < -0.39 is 0 Å². The lowest BCUT2D eigenvalue weighted by molar-refractivity contribution is 0.0955. The van der Waals surface area contributed by atoms with Gasteiger partial charge >= 0.3 is 0 Å². The van der Waals surface area contributed by atoms with E-state index in [9.17, 15) is 9.18 Å². The van der Waals surface area contributed by atoms with E-state index in [0.29, 0.717) is 22.2 Å². The van der Waals surface area contributed by atoms with E-state index in [1.807, 2.05) is 30.3 Å². The fourth-order valence-electron chi connectivity index (χ4n) is 2.52. The molecule has 0 radical (unpaired) electrons. The molecule has 1 N–H and O–H groups in total. The summed E-state index contributed by atoms with van der Waals surface area (Å²) in [5.41, 5.74) is 1.53. The molecule has 0 aliphatic rings. The van der Waals surface area contributed by atoms with Crippen LogP contribution in [0.2, 0.25) is 0 Å². The van der Waals surface area contributed by atoms with Crippen LogP contribution in [0.3, 0.4) is 0 Å². The van der Waals surface area contributed by atoms with E-state index >= 15 is 0 Å². The maximum atomic E-state index is 13.2. The monoisotopic (exact) mass is 379 g/mol. The van der Waals surface area contributed by atoms with Crippen LogP contribution >= 0.6 is 11.3 Å². The first kappa shape index (κ1) is 17.1. The number of nitrogens with one attached hydrogen (secondary N) is 1. The molecule has 0 unspecified atom stereocenters. The second kappa shape index (κ2) is 7.51. The van der Waals surface area contributed by atoms with Crippen molar-refractivity contribution in [1.82, 2.24) is 15.5 Å². The summed E-state index contributed by atoms with van der Waals surface area (Å²) in [6, 6.07) is 19.1. The number of aromatic nitrogens is 2. The number of amides is 1. The van der Waals surface area contributed by atoms with Crippen LogP contribution in [-0.2, 0) is 6.54 Å². The molecule has 2 aromatic carbocycles. The first-order chi connectivity index (χ1) is 13.2. The second-order valence-electron chi connectivity index (χ2n) is 5.77.